The Morgan fingerprint density at radius 1 is 1.17 bits per heavy atom. The summed E-state index contributed by atoms with van der Waals surface area (Å²) in [6, 6.07) is 4.42. The van der Waals surface area contributed by atoms with Crippen molar-refractivity contribution < 1.29 is 29.0 Å². The standard InChI is InChI=1S/C16H22N2O6/c1-4-23-16(22)24-12-7-5-11(6-8-12)17-15(21)18-13(14(19)20)9-10(2)3/h5-8,10,13H,4,9H2,1-3H3,(H,19,20)(H2,17,18,21). The Balaban J connectivity index is 2.57. The third-order valence-electron chi connectivity index (χ3n) is 2.89. The summed E-state index contributed by atoms with van der Waals surface area (Å²) in [5, 5.41) is 14.0. The SMILES string of the molecule is CCOC(=O)Oc1ccc(NC(=O)NC(CC(C)C)C(=O)O)cc1. The highest BCUT2D eigenvalue weighted by atomic mass is 16.7. The second-order valence-corrected chi connectivity index (χ2v) is 5.43. The zero-order valence-corrected chi connectivity index (χ0v) is 13.9. The number of rotatable bonds is 7. The highest BCUT2D eigenvalue weighted by molar-refractivity contribution is 5.92. The van der Waals surface area contributed by atoms with E-state index in [9.17, 15) is 14.4 Å². The van der Waals surface area contributed by atoms with Gasteiger partial charge in [0, 0.05) is 5.69 Å². The van der Waals surface area contributed by atoms with E-state index in [4.69, 9.17) is 9.84 Å². The summed E-state index contributed by atoms with van der Waals surface area (Å²) in [7, 11) is 0. The molecule has 0 saturated heterocycles. The molecule has 0 aliphatic carbocycles. The first-order chi connectivity index (χ1) is 11.3. The molecule has 0 aliphatic heterocycles. The van der Waals surface area contributed by atoms with Gasteiger partial charge in [0.2, 0.25) is 0 Å². The molecule has 0 bridgehead atoms. The van der Waals surface area contributed by atoms with Crippen LogP contribution in [0.5, 0.6) is 5.75 Å². The number of carbonyl (C=O) groups excluding carboxylic acids is 2. The van der Waals surface area contributed by atoms with Crippen LogP contribution in [0.15, 0.2) is 24.3 Å². The molecule has 8 nitrogen and oxygen atoms in total. The van der Waals surface area contributed by atoms with Crippen molar-refractivity contribution in [3.8, 4) is 5.75 Å². The summed E-state index contributed by atoms with van der Waals surface area (Å²) in [4.78, 5) is 34.2. The van der Waals surface area contributed by atoms with Crippen molar-refractivity contribution in [1.29, 1.82) is 0 Å². The Labute approximate surface area is 140 Å². The Kier molecular flexibility index (Phi) is 7.54. The Bertz CT molecular complexity index is 570. The summed E-state index contributed by atoms with van der Waals surface area (Å²) >= 11 is 0. The number of hydrogen-bond acceptors (Lipinski definition) is 5. The van der Waals surface area contributed by atoms with Crippen LogP contribution in [0.4, 0.5) is 15.3 Å². The van der Waals surface area contributed by atoms with Crippen LogP contribution in [0.3, 0.4) is 0 Å². The summed E-state index contributed by atoms with van der Waals surface area (Å²) < 4.78 is 9.53. The van der Waals surface area contributed by atoms with Gasteiger partial charge in [-0.2, -0.15) is 0 Å². The number of amides is 2. The molecule has 1 aromatic carbocycles. The molecule has 3 N–H and O–H groups in total. The van der Waals surface area contributed by atoms with Gasteiger partial charge in [0.15, 0.2) is 0 Å². The van der Waals surface area contributed by atoms with Gasteiger partial charge in [-0.1, -0.05) is 13.8 Å². The molecule has 1 rings (SSSR count). The largest absolute Gasteiger partial charge is 0.513 e. The highest BCUT2D eigenvalue weighted by Crippen LogP contribution is 2.16. The fraction of sp³-hybridized carbons (Fsp3) is 0.438. The van der Waals surface area contributed by atoms with E-state index in [0.29, 0.717) is 12.1 Å². The normalized spacial score (nSPS) is 11.5. The first-order valence-electron chi connectivity index (χ1n) is 7.56. The lowest BCUT2D eigenvalue weighted by molar-refractivity contribution is -0.139. The lowest BCUT2D eigenvalue weighted by Crippen LogP contribution is -2.43. The number of carboxylic acid groups (broad SMARTS) is 1. The van der Waals surface area contributed by atoms with Crippen molar-refractivity contribution in [1.82, 2.24) is 5.32 Å². The molecule has 0 fully saturated rings. The smallest absolute Gasteiger partial charge is 0.480 e. The van der Waals surface area contributed by atoms with E-state index in [-0.39, 0.29) is 18.3 Å². The third-order valence-corrected chi connectivity index (χ3v) is 2.89. The molecule has 2 amide bonds. The maximum Gasteiger partial charge on any atom is 0.513 e. The van der Waals surface area contributed by atoms with Crippen LogP contribution in [-0.2, 0) is 9.53 Å². The number of nitrogens with one attached hydrogen (secondary N) is 2. The molecule has 8 heteroatoms. The molecule has 1 atom stereocenters. The Hall–Kier alpha value is -2.77. The average molecular weight is 338 g/mol. The van der Waals surface area contributed by atoms with Crippen LogP contribution in [0, 0.1) is 5.92 Å². The predicted octanol–water partition coefficient (Wildman–Crippen LogP) is 2.84. The van der Waals surface area contributed by atoms with Gasteiger partial charge >= 0.3 is 18.2 Å². The minimum atomic E-state index is -1.09. The van der Waals surface area contributed by atoms with Gasteiger partial charge in [-0.3, -0.25) is 0 Å². The summed E-state index contributed by atoms with van der Waals surface area (Å²) in [5.41, 5.74) is 0.428. The van der Waals surface area contributed by atoms with Gasteiger partial charge in [0.25, 0.3) is 0 Å². The van der Waals surface area contributed by atoms with E-state index in [1.807, 2.05) is 13.8 Å². The number of benzene rings is 1. The Morgan fingerprint density at radius 3 is 2.29 bits per heavy atom. The fourth-order valence-electron chi connectivity index (χ4n) is 1.87. The zero-order valence-electron chi connectivity index (χ0n) is 13.9. The van der Waals surface area contributed by atoms with E-state index < -0.39 is 24.2 Å². The first-order valence-corrected chi connectivity index (χ1v) is 7.56. The quantitative estimate of drug-likeness (QED) is 0.520. The molecule has 0 saturated carbocycles. The van der Waals surface area contributed by atoms with Gasteiger partial charge in [0.05, 0.1) is 6.61 Å². The van der Waals surface area contributed by atoms with Gasteiger partial charge in [-0.15, -0.1) is 0 Å². The molecule has 132 valence electrons. The minimum Gasteiger partial charge on any atom is -0.480 e. The Morgan fingerprint density at radius 2 is 1.79 bits per heavy atom. The molecule has 0 aromatic heterocycles. The van der Waals surface area contributed by atoms with Crippen molar-refractivity contribution in [2.75, 3.05) is 11.9 Å². The minimum absolute atomic E-state index is 0.130. The monoisotopic (exact) mass is 338 g/mol. The van der Waals surface area contributed by atoms with Crippen molar-refractivity contribution in [2.24, 2.45) is 5.92 Å². The van der Waals surface area contributed by atoms with Crippen molar-refractivity contribution in [3.05, 3.63) is 24.3 Å². The maximum absolute atomic E-state index is 11.9. The van der Waals surface area contributed by atoms with Gasteiger partial charge in [0.1, 0.15) is 11.8 Å². The van der Waals surface area contributed by atoms with E-state index in [1.165, 1.54) is 24.3 Å². The topological polar surface area (TPSA) is 114 Å². The third kappa shape index (κ3) is 6.99. The fourth-order valence-corrected chi connectivity index (χ4v) is 1.87. The van der Waals surface area contributed by atoms with Gasteiger partial charge < -0.3 is 25.2 Å². The van der Waals surface area contributed by atoms with E-state index in [2.05, 4.69) is 15.4 Å². The molecular weight excluding hydrogens is 316 g/mol. The van der Waals surface area contributed by atoms with Crippen LogP contribution in [-0.4, -0.2) is 35.9 Å². The van der Waals surface area contributed by atoms with Crippen LogP contribution in [0.1, 0.15) is 27.2 Å². The summed E-state index contributed by atoms with van der Waals surface area (Å²) in [6.45, 7) is 5.62. The maximum atomic E-state index is 11.9. The van der Waals surface area contributed by atoms with Crippen molar-refractivity contribution in [2.45, 2.75) is 33.2 Å². The average Bonchev–Trinajstić information content (AvgIpc) is 2.48. The lowest BCUT2D eigenvalue weighted by Gasteiger charge is -2.17. The summed E-state index contributed by atoms with van der Waals surface area (Å²) in [6.07, 6.45) is -0.483. The van der Waals surface area contributed by atoms with E-state index in [0.717, 1.165) is 0 Å². The number of urea groups is 1. The second-order valence-electron chi connectivity index (χ2n) is 5.43. The number of carboxylic acids is 1. The molecule has 0 aliphatic rings. The molecule has 0 radical (unpaired) electrons. The van der Waals surface area contributed by atoms with Crippen LogP contribution >= 0.6 is 0 Å². The number of hydrogen-bond donors (Lipinski definition) is 3. The van der Waals surface area contributed by atoms with E-state index >= 15 is 0 Å². The first kappa shape index (κ1) is 19.3. The molecule has 24 heavy (non-hydrogen) atoms. The summed E-state index contributed by atoms with van der Waals surface area (Å²) in [5.74, 6) is -0.689. The second kappa shape index (κ2) is 9.39. The van der Waals surface area contributed by atoms with Gasteiger partial charge in [-0.25, -0.2) is 14.4 Å². The molecule has 0 spiro atoms. The molecule has 1 aromatic rings. The zero-order chi connectivity index (χ0) is 18.1. The number of anilines is 1. The lowest BCUT2D eigenvalue weighted by atomic mass is 10.0. The highest BCUT2D eigenvalue weighted by Gasteiger charge is 2.21. The van der Waals surface area contributed by atoms with Gasteiger partial charge in [-0.05, 0) is 43.5 Å². The molecule has 0 heterocycles. The van der Waals surface area contributed by atoms with Crippen LogP contribution < -0.4 is 15.4 Å². The van der Waals surface area contributed by atoms with Crippen molar-refractivity contribution in [3.63, 3.8) is 0 Å². The molecular formula is C16H22N2O6. The van der Waals surface area contributed by atoms with Crippen molar-refractivity contribution >= 4 is 23.8 Å². The number of aliphatic carboxylic acids is 1. The number of carbonyl (C=O) groups is 3. The predicted molar refractivity (Wildman–Crippen MR) is 87.1 cm³/mol. The van der Waals surface area contributed by atoms with E-state index in [1.54, 1.807) is 6.92 Å². The van der Waals surface area contributed by atoms with Crippen LogP contribution in [0.2, 0.25) is 0 Å². The van der Waals surface area contributed by atoms with Crippen LogP contribution in [0.25, 0.3) is 0 Å². The number of ether oxygens (including phenoxy) is 2. The molecule has 1 unspecified atom stereocenters.